The van der Waals surface area contributed by atoms with Crippen LogP contribution in [0.25, 0.3) is 10.9 Å². The van der Waals surface area contributed by atoms with Crippen LogP contribution in [-0.2, 0) is 9.53 Å². The Hall–Kier alpha value is -3.35. The molecule has 132 valence electrons. The molecule has 3 aromatic rings. The van der Waals surface area contributed by atoms with Crippen molar-refractivity contribution in [3.63, 3.8) is 0 Å². The van der Waals surface area contributed by atoms with Gasteiger partial charge in [-0.3, -0.25) is 9.78 Å². The summed E-state index contributed by atoms with van der Waals surface area (Å²) in [5.74, 6) is -0.726. The summed E-state index contributed by atoms with van der Waals surface area (Å²) in [5, 5.41) is 4.11. The first-order valence-corrected chi connectivity index (χ1v) is 8.45. The lowest BCUT2D eigenvalue weighted by Gasteiger charge is -2.30. The SMILES string of the molecule is O=C(OCC(=O)N1CCC1)c1[nH]c2ccccc2c1Nc1ccncc1. The van der Waals surface area contributed by atoms with Crippen LogP contribution < -0.4 is 5.32 Å². The van der Waals surface area contributed by atoms with Crippen molar-refractivity contribution in [2.75, 3.05) is 25.0 Å². The van der Waals surface area contributed by atoms with Gasteiger partial charge in [0.1, 0.15) is 5.69 Å². The zero-order valence-corrected chi connectivity index (χ0v) is 14.1. The number of fused-ring (bicyclic) bond motifs is 1. The lowest BCUT2D eigenvalue weighted by Crippen LogP contribution is -2.44. The van der Waals surface area contributed by atoms with Crippen LogP contribution in [0.1, 0.15) is 16.9 Å². The van der Waals surface area contributed by atoms with Gasteiger partial charge in [0.2, 0.25) is 0 Å². The minimum absolute atomic E-state index is 0.163. The minimum Gasteiger partial charge on any atom is -0.451 e. The summed E-state index contributed by atoms with van der Waals surface area (Å²) in [7, 11) is 0. The van der Waals surface area contributed by atoms with Crippen LogP contribution in [0.4, 0.5) is 11.4 Å². The van der Waals surface area contributed by atoms with Crippen LogP contribution in [0.5, 0.6) is 0 Å². The normalized spacial score (nSPS) is 13.3. The highest BCUT2D eigenvalue weighted by atomic mass is 16.5. The first-order valence-electron chi connectivity index (χ1n) is 8.45. The number of carbonyl (C=O) groups is 2. The largest absolute Gasteiger partial charge is 0.451 e. The molecule has 1 fully saturated rings. The molecule has 0 radical (unpaired) electrons. The van der Waals surface area contributed by atoms with E-state index in [2.05, 4.69) is 15.3 Å². The number of likely N-dealkylation sites (tertiary alicyclic amines) is 1. The number of para-hydroxylation sites is 1. The van der Waals surface area contributed by atoms with Crippen molar-refractivity contribution in [3.05, 3.63) is 54.5 Å². The van der Waals surface area contributed by atoms with E-state index >= 15 is 0 Å². The molecular weight excluding hydrogens is 332 g/mol. The van der Waals surface area contributed by atoms with Crippen LogP contribution in [-0.4, -0.2) is 46.4 Å². The minimum atomic E-state index is -0.563. The van der Waals surface area contributed by atoms with E-state index in [1.54, 1.807) is 17.3 Å². The third-order valence-corrected chi connectivity index (χ3v) is 4.40. The van der Waals surface area contributed by atoms with Crippen LogP contribution in [0.15, 0.2) is 48.8 Å². The molecule has 0 saturated carbocycles. The monoisotopic (exact) mass is 350 g/mol. The van der Waals surface area contributed by atoms with E-state index in [1.807, 2.05) is 36.4 Å². The van der Waals surface area contributed by atoms with Gasteiger partial charge >= 0.3 is 5.97 Å². The molecule has 1 aliphatic heterocycles. The van der Waals surface area contributed by atoms with Crippen molar-refractivity contribution in [1.29, 1.82) is 0 Å². The molecule has 0 atom stereocenters. The van der Waals surface area contributed by atoms with Crippen molar-refractivity contribution < 1.29 is 14.3 Å². The second-order valence-corrected chi connectivity index (χ2v) is 6.09. The topological polar surface area (TPSA) is 87.3 Å². The summed E-state index contributed by atoms with van der Waals surface area (Å²) in [6, 6.07) is 11.2. The fourth-order valence-corrected chi connectivity index (χ4v) is 2.86. The fourth-order valence-electron chi connectivity index (χ4n) is 2.86. The lowest BCUT2D eigenvalue weighted by molar-refractivity contribution is -0.137. The fraction of sp³-hybridized carbons (Fsp3) is 0.211. The van der Waals surface area contributed by atoms with Crippen molar-refractivity contribution in [1.82, 2.24) is 14.9 Å². The molecule has 1 amide bonds. The molecule has 7 nitrogen and oxygen atoms in total. The van der Waals surface area contributed by atoms with Gasteiger partial charge in [0, 0.05) is 42.1 Å². The number of H-pyrrole nitrogens is 1. The molecule has 2 aromatic heterocycles. The highest BCUT2D eigenvalue weighted by Gasteiger charge is 2.24. The molecular formula is C19H18N4O3. The van der Waals surface area contributed by atoms with Gasteiger partial charge in [0.05, 0.1) is 5.69 Å². The molecule has 0 bridgehead atoms. The molecule has 0 spiro atoms. The van der Waals surface area contributed by atoms with E-state index in [-0.39, 0.29) is 12.5 Å². The summed E-state index contributed by atoms with van der Waals surface area (Å²) in [6.07, 6.45) is 4.34. The number of carbonyl (C=O) groups excluding carboxylic acids is 2. The van der Waals surface area contributed by atoms with Crippen LogP contribution in [0, 0.1) is 0 Å². The van der Waals surface area contributed by atoms with Crippen molar-refractivity contribution in [2.24, 2.45) is 0 Å². The van der Waals surface area contributed by atoms with Gasteiger partial charge in [0.15, 0.2) is 6.61 Å². The van der Waals surface area contributed by atoms with Crippen molar-refractivity contribution in [2.45, 2.75) is 6.42 Å². The number of ether oxygens (including phenoxy) is 1. The Labute approximate surface area is 150 Å². The second-order valence-electron chi connectivity index (χ2n) is 6.09. The maximum Gasteiger partial charge on any atom is 0.357 e. The lowest BCUT2D eigenvalue weighted by atomic mass is 10.2. The quantitative estimate of drug-likeness (QED) is 0.691. The van der Waals surface area contributed by atoms with E-state index in [0.717, 1.165) is 36.1 Å². The molecule has 0 aliphatic carbocycles. The highest BCUT2D eigenvalue weighted by molar-refractivity contribution is 6.07. The number of esters is 1. The van der Waals surface area contributed by atoms with E-state index < -0.39 is 5.97 Å². The van der Waals surface area contributed by atoms with Crippen LogP contribution >= 0.6 is 0 Å². The molecule has 1 aromatic carbocycles. The van der Waals surface area contributed by atoms with Gasteiger partial charge in [-0.2, -0.15) is 0 Å². The first-order chi connectivity index (χ1) is 12.7. The van der Waals surface area contributed by atoms with Crippen molar-refractivity contribution >= 4 is 34.2 Å². The third kappa shape index (κ3) is 3.11. The summed E-state index contributed by atoms with van der Waals surface area (Å²) >= 11 is 0. The number of anilines is 2. The Bertz CT molecular complexity index is 948. The molecule has 1 saturated heterocycles. The van der Waals surface area contributed by atoms with Gasteiger partial charge in [-0.15, -0.1) is 0 Å². The molecule has 2 N–H and O–H groups in total. The maximum atomic E-state index is 12.6. The highest BCUT2D eigenvalue weighted by Crippen LogP contribution is 2.30. The molecule has 3 heterocycles. The Morgan fingerprint density at radius 1 is 1.15 bits per heavy atom. The Balaban J connectivity index is 1.59. The van der Waals surface area contributed by atoms with Crippen molar-refractivity contribution in [3.8, 4) is 0 Å². The Morgan fingerprint density at radius 3 is 2.65 bits per heavy atom. The molecule has 26 heavy (non-hydrogen) atoms. The van der Waals surface area contributed by atoms with E-state index in [1.165, 1.54) is 0 Å². The summed E-state index contributed by atoms with van der Waals surface area (Å²) in [4.78, 5) is 33.3. The van der Waals surface area contributed by atoms with E-state index in [4.69, 9.17) is 4.74 Å². The second kappa shape index (κ2) is 6.87. The number of nitrogens with one attached hydrogen (secondary N) is 2. The summed E-state index contributed by atoms with van der Waals surface area (Å²) in [5.41, 5.74) is 2.52. The predicted molar refractivity (Wildman–Crippen MR) is 97.3 cm³/mol. The number of hydrogen-bond donors (Lipinski definition) is 2. The summed E-state index contributed by atoms with van der Waals surface area (Å²) in [6.45, 7) is 1.22. The first kappa shape index (κ1) is 16.1. The predicted octanol–water partition coefficient (Wildman–Crippen LogP) is 2.70. The number of hydrogen-bond acceptors (Lipinski definition) is 5. The number of nitrogens with zero attached hydrogens (tertiary/aromatic N) is 2. The number of rotatable bonds is 5. The van der Waals surface area contributed by atoms with Crippen LogP contribution in [0.3, 0.4) is 0 Å². The summed E-state index contributed by atoms with van der Waals surface area (Å²) < 4.78 is 5.24. The number of aromatic amines is 1. The number of aromatic nitrogens is 2. The zero-order valence-electron chi connectivity index (χ0n) is 14.1. The standard InChI is InChI=1S/C19H18N4O3/c24-16(23-10-3-11-23)12-26-19(25)18-17(21-13-6-8-20-9-7-13)14-4-1-2-5-15(14)22-18/h1-2,4-9,22H,3,10-12H2,(H,20,21). The average Bonchev–Trinajstić information content (AvgIpc) is 2.98. The smallest absolute Gasteiger partial charge is 0.357 e. The van der Waals surface area contributed by atoms with Gasteiger partial charge in [0.25, 0.3) is 5.91 Å². The number of pyridine rings is 1. The van der Waals surface area contributed by atoms with Gasteiger partial charge in [-0.1, -0.05) is 18.2 Å². The molecule has 1 aliphatic rings. The molecule has 0 unspecified atom stereocenters. The van der Waals surface area contributed by atoms with Crippen LogP contribution in [0.2, 0.25) is 0 Å². The van der Waals surface area contributed by atoms with Gasteiger partial charge < -0.3 is 19.9 Å². The maximum absolute atomic E-state index is 12.6. The Kier molecular flexibility index (Phi) is 4.27. The van der Waals surface area contributed by atoms with E-state index in [9.17, 15) is 9.59 Å². The average molecular weight is 350 g/mol. The Morgan fingerprint density at radius 2 is 1.92 bits per heavy atom. The molecule has 4 rings (SSSR count). The van der Waals surface area contributed by atoms with Gasteiger partial charge in [-0.05, 0) is 24.6 Å². The number of benzene rings is 1. The third-order valence-electron chi connectivity index (χ3n) is 4.40. The molecule has 7 heteroatoms. The van der Waals surface area contributed by atoms with Gasteiger partial charge in [-0.25, -0.2) is 4.79 Å². The van der Waals surface area contributed by atoms with E-state index in [0.29, 0.717) is 11.4 Å². The number of amides is 1. The zero-order chi connectivity index (χ0) is 17.9.